The second-order valence-corrected chi connectivity index (χ2v) is 8.76. The number of β-amino-alcohol motifs (C(OH)–C–C–N with tert-alkyl or cyclic N) is 1. The summed E-state index contributed by atoms with van der Waals surface area (Å²) in [4.78, 5) is 31.1. The number of halogens is 2. The maximum atomic E-state index is 12.8. The van der Waals surface area contributed by atoms with Crippen molar-refractivity contribution in [2.75, 3.05) is 45.0 Å². The predicted molar refractivity (Wildman–Crippen MR) is 120 cm³/mol. The Hall–Kier alpha value is -2.32. The summed E-state index contributed by atoms with van der Waals surface area (Å²) in [6.45, 7) is 3.08. The highest BCUT2D eigenvalue weighted by molar-refractivity contribution is 6.33. The molecule has 0 radical (unpaired) electrons. The second-order valence-electron chi connectivity index (χ2n) is 7.92. The molecule has 2 aromatic carbocycles. The smallest absolute Gasteiger partial charge is 0.254 e. The summed E-state index contributed by atoms with van der Waals surface area (Å²) in [6, 6.07) is 11.5. The fourth-order valence-electron chi connectivity index (χ4n) is 4.19. The molecule has 0 aliphatic carbocycles. The summed E-state index contributed by atoms with van der Waals surface area (Å²) in [7, 11) is 0. The fraction of sp³-hybridized carbons (Fsp3) is 0.364. The van der Waals surface area contributed by atoms with Gasteiger partial charge in [0.05, 0.1) is 22.9 Å². The lowest BCUT2D eigenvalue weighted by atomic mass is 10.1. The van der Waals surface area contributed by atoms with Crippen LogP contribution in [-0.4, -0.2) is 83.0 Å². The zero-order chi connectivity index (χ0) is 22.1. The van der Waals surface area contributed by atoms with Crippen LogP contribution in [0.15, 0.2) is 42.5 Å². The van der Waals surface area contributed by atoms with Crippen molar-refractivity contribution in [1.82, 2.24) is 14.7 Å². The van der Waals surface area contributed by atoms with Crippen molar-refractivity contribution in [3.8, 4) is 0 Å². The van der Waals surface area contributed by atoms with E-state index >= 15 is 0 Å². The number of nitrogen functional groups attached to an aromatic ring is 1. The maximum Gasteiger partial charge on any atom is 0.254 e. The average Bonchev–Trinajstić information content (AvgIpc) is 3.17. The van der Waals surface area contributed by atoms with Crippen LogP contribution in [0.4, 0.5) is 5.69 Å². The van der Waals surface area contributed by atoms with Gasteiger partial charge in [0.2, 0.25) is 0 Å². The Kier molecular flexibility index (Phi) is 6.39. The molecule has 2 heterocycles. The van der Waals surface area contributed by atoms with Crippen LogP contribution in [0.1, 0.15) is 20.7 Å². The van der Waals surface area contributed by atoms with Crippen LogP contribution in [0, 0.1) is 0 Å². The van der Waals surface area contributed by atoms with Gasteiger partial charge in [0.1, 0.15) is 0 Å². The minimum atomic E-state index is -0.646. The number of hydrogen-bond donors (Lipinski definition) is 2. The molecule has 0 aromatic heterocycles. The number of nitrogens with zero attached hydrogens (tertiary/aromatic N) is 3. The van der Waals surface area contributed by atoms with Crippen molar-refractivity contribution in [3.05, 3.63) is 63.6 Å². The molecule has 164 valence electrons. The van der Waals surface area contributed by atoms with E-state index in [4.69, 9.17) is 28.9 Å². The van der Waals surface area contributed by atoms with Crippen molar-refractivity contribution in [2.24, 2.45) is 0 Å². The first kappa shape index (κ1) is 21.9. The quantitative estimate of drug-likeness (QED) is 0.682. The monoisotopic (exact) mass is 462 g/mol. The Morgan fingerprint density at radius 3 is 2.13 bits per heavy atom. The highest BCUT2D eigenvalue weighted by atomic mass is 35.5. The van der Waals surface area contributed by atoms with Gasteiger partial charge in [0.25, 0.3) is 11.8 Å². The molecular weight excluding hydrogens is 439 g/mol. The summed E-state index contributed by atoms with van der Waals surface area (Å²) >= 11 is 11.8. The van der Waals surface area contributed by atoms with Crippen LogP contribution in [0.2, 0.25) is 10.0 Å². The zero-order valence-electron chi connectivity index (χ0n) is 16.9. The number of aliphatic hydroxyl groups excluding tert-OH is 1. The number of hydrogen-bond acceptors (Lipinski definition) is 5. The third-order valence-electron chi connectivity index (χ3n) is 5.95. The first-order valence-corrected chi connectivity index (χ1v) is 10.9. The third kappa shape index (κ3) is 4.65. The largest absolute Gasteiger partial charge is 0.398 e. The van der Waals surface area contributed by atoms with E-state index in [1.54, 1.807) is 52.3 Å². The minimum Gasteiger partial charge on any atom is -0.398 e. The molecule has 0 unspecified atom stereocenters. The number of rotatable bonds is 3. The molecule has 0 bridgehead atoms. The molecule has 2 atom stereocenters. The van der Waals surface area contributed by atoms with Gasteiger partial charge in [0.15, 0.2) is 0 Å². The molecule has 2 aliphatic rings. The summed E-state index contributed by atoms with van der Waals surface area (Å²) in [5.41, 5.74) is 7.23. The minimum absolute atomic E-state index is 0.0274. The first-order chi connectivity index (χ1) is 14.8. The van der Waals surface area contributed by atoms with Crippen molar-refractivity contribution < 1.29 is 14.7 Å². The fourth-order valence-corrected chi connectivity index (χ4v) is 4.43. The van der Waals surface area contributed by atoms with E-state index < -0.39 is 6.10 Å². The molecule has 31 heavy (non-hydrogen) atoms. The van der Waals surface area contributed by atoms with Crippen LogP contribution in [-0.2, 0) is 0 Å². The molecule has 4 rings (SSSR count). The first-order valence-electron chi connectivity index (χ1n) is 10.1. The van der Waals surface area contributed by atoms with Crippen LogP contribution in [0.25, 0.3) is 0 Å². The molecule has 9 heteroatoms. The number of piperazine rings is 1. The maximum absolute atomic E-state index is 12.8. The van der Waals surface area contributed by atoms with E-state index in [0.717, 1.165) is 0 Å². The van der Waals surface area contributed by atoms with Gasteiger partial charge in [-0.05, 0) is 42.5 Å². The number of aliphatic hydroxyl groups is 1. The highest BCUT2D eigenvalue weighted by Crippen LogP contribution is 2.24. The Bertz CT molecular complexity index is 977. The van der Waals surface area contributed by atoms with Crippen molar-refractivity contribution in [1.29, 1.82) is 0 Å². The molecule has 3 N–H and O–H groups in total. The lowest BCUT2D eigenvalue weighted by molar-refractivity contribution is 0.0376. The molecule has 2 saturated heterocycles. The summed E-state index contributed by atoms with van der Waals surface area (Å²) in [6.07, 6.45) is -0.646. The highest BCUT2D eigenvalue weighted by Gasteiger charge is 2.39. The van der Waals surface area contributed by atoms with Gasteiger partial charge in [-0.15, -0.1) is 0 Å². The van der Waals surface area contributed by atoms with Gasteiger partial charge >= 0.3 is 0 Å². The van der Waals surface area contributed by atoms with Crippen LogP contribution in [0.3, 0.4) is 0 Å². The van der Waals surface area contributed by atoms with E-state index in [1.165, 1.54) is 0 Å². The summed E-state index contributed by atoms with van der Waals surface area (Å²) in [5.74, 6) is -0.207. The average molecular weight is 463 g/mol. The van der Waals surface area contributed by atoms with E-state index in [0.29, 0.717) is 59.6 Å². The Morgan fingerprint density at radius 1 is 0.871 bits per heavy atom. The molecule has 0 spiro atoms. The van der Waals surface area contributed by atoms with Crippen LogP contribution >= 0.6 is 23.2 Å². The normalized spacial score (nSPS) is 22.0. The predicted octanol–water partition coefficient (Wildman–Crippen LogP) is 2.22. The van der Waals surface area contributed by atoms with Gasteiger partial charge in [0, 0.05) is 55.4 Å². The number of carbonyl (C=O) groups excluding carboxylic acids is 2. The van der Waals surface area contributed by atoms with Gasteiger partial charge < -0.3 is 20.6 Å². The van der Waals surface area contributed by atoms with Gasteiger partial charge in [-0.1, -0.05) is 23.2 Å². The van der Waals surface area contributed by atoms with E-state index in [9.17, 15) is 14.7 Å². The summed E-state index contributed by atoms with van der Waals surface area (Å²) in [5, 5.41) is 11.6. The Balaban J connectivity index is 1.35. The van der Waals surface area contributed by atoms with Gasteiger partial charge in [-0.25, -0.2) is 0 Å². The number of benzene rings is 2. The van der Waals surface area contributed by atoms with Gasteiger partial charge in [-0.3, -0.25) is 14.5 Å². The Labute approximate surface area is 190 Å². The molecular formula is C22H24Cl2N4O3. The van der Waals surface area contributed by atoms with Crippen molar-refractivity contribution in [2.45, 2.75) is 12.1 Å². The molecule has 2 aliphatic heterocycles. The molecule has 2 fully saturated rings. The number of anilines is 1. The standard InChI is InChI=1S/C22H24Cl2N4O3/c23-16-4-1-14(2-5-16)21(30)27-9-7-26(8-10-27)19-12-28(13-20(19)29)22(31)15-3-6-17(24)18(25)11-15/h1-6,11,19-20,29H,7-10,12-13,25H2/t19-,20-/m1/s1. The van der Waals surface area contributed by atoms with Crippen LogP contribution < -0.4 is 5.73 Å². The van der Waals surface area contributed by atoms with E-state index in [2.05, 4.69) is 4.90 Å². The zero-order valence-corrected chi connectivity index (χ0v) is 18.4. The second kappa shape index (κ2) is 9.04. The molecule has 7 nitrogen and oxygen atoms in total. The van der Waals surface area contributed by atoms with Crippen molar-refractivity contribution >= 4 is 40.7 Å². The topological polar surface area (TPSA) is 90.1 Å². The lowest BCUT2D eigenvalue weighted by Crippen LogP contribution is -2.54. The molecule has 0 saturated carbocycles. The molecule has 2 aromatic rings. The van der Waals surface area contributed by atoms with Crippen molar-refractivity contribution in [3.63, 3.8) is 0 Å². The SMILES string of the molecule is Nc1cc(C(=O)N2C[C@@H](O)[C@H](N3CCN(C(=O)c4ccc(Cl)cc4)CC3)C2)ccc1Cl. The number of likely N-dealkylation sites (tertiary alicyclic amines) is 1. The van der Waals surface area contributed by atoms with Gasteiger partial charge in [-0.2, -0.15) is 0 Å². The Morgan fingerprint density at radius 2 is 1.48 bits per heavy atom. The molecule has 2 amide bonds. The lowest BCUT2D eigenvalue weighted by Gasteiger charge is -2.38. The number of amides is 2. The van der Waals surface area contributed by atoms with E-state index in [-0.39, 0.29) is 24.4 Å². The van der Waals surface area contributed by atoms with Crippen LogP contribution in [0.5, 0.6) is 0 Å². The third-order valence-corrected chi connectivity index (χ3v) is 6.55. The summed E-state index contributed by atoms with van der Waals surface area (Å²) < 4.78 is 0. The number of nitrogens with two attached hydrogens (primary N) is 1. The van der Waals surface area contributed by atoms with E-state index in [1.807, 2.05) is 0 Å². The number of carbonyl (C=O) groups is 2.